The molecule has 0 aliphatic heterocycles. The van der Waals surface area contributed by atoms with Gasteiger partial charge in [-0.05, 0) is 48.4 Å². The normalized spacial score (nSPS) is 10.3. The van der Waals surface area contributed by atoms with Crippen LogP contribution in [0.4, 0.5) is 5.82 Å². The Kier molecular flexibility index (Phi) is 5.45. The predicted molar refractivity (Wildman–Crippen MR) is 99.9 cm³/mol. The first-order valence-electron chi connectivity index (χ1n) is 8.28. The number of nitrogens with zero attached hydrogens (tertiary/aromatic N) is 3. The van der Waals surface area contributed by atoms with Gasteiger partial charge in [-0.2, -0.15) is 0 Å². The van der Waals surface area contributed by atoms with Crippen molar-refractivity contribution >= 4 is 17.6 Å². The van der Waals surface area contributed by atoms with E-state index in [1.165, 1.54) is 36.8 Å². The number of amides is 2. The summed E-state index contributed by atoms with van der Waals surface area (Å²) in [5, 5.41) is 24.7. The first-order chi connectivity index (χ1) is 13.4. The molecule has 0 aliphatic rings. The second-order valence-electron chi connectivity index (χ2n) is 5.94. The van der Waals surface area contributed by atoms with Crippen molar-refractivity contribution < 1.29 is 19.8 Å². The number of aryl methyl sites for hydroxylation is 1. The van der Waals surface area contributed by atoms with Crippen LogP contribution in [0.25, 0.3) is 0 Å². The fourth-order valence-corrected chi connectivity index (χ4v) is 2.39. The number of aromatic hydroxyl groups is 2. The number of nitrogens with one attached hydrogen (secondary N) is 2. The molecule has 0 aliphatic carbocycles. The molecule has 3 rings (SSSR count). The highest BCUT2D eigenvalue weighted by molar-refractivity contribution is 6.04. The van der Waals surface area contributed by atoms with Gasteiger partial charge >= 0.3 is 0 Å². The average Bonchev–Trinajstić information content (AvgIpc) is 2.66. The Hall–Kier alpha value is -4.01. The lowest BCUT2D eigenvalue weighted by Gasteiger charge is -2.09. The lowest BCUT2D eigenvalue weighted by Crippen LogP contribution is -2.24. The average molecular weight is 379 g/mol. The molecule has 3 aromatic heterocycles. The van der Waals surface area contributed by atoms with Crippen molar-refractivity contribution in [1.29, 1.82) is 0 Å². The molecular formula is C19H17N5O4. The minimum atomic E-state index is -0.607. The highest BCUT2D eigenvalue weighted by atomic mass is 16.3. The molecule has 3 heterocycles. The van der Waals surface area contributed by atoms with E-state index in [1.54, 1.807) is 19.1 Å². The van der Waals surface area contributed by atoms with Crippen molar-refractivity contribution in [1.82, 2.24) is 20.3 Å². The van der Waals surface area contributed by atoms with Crippen LogP contribution in [0.1, 0.15) is 32.1 Å². The van der Waals surface area contributed by atoms with E-state index in [0.717, 1.165) is 5.56 Å². The van der Waals surface area contributed by atoms with Crippen LogP contribution < -0.4 is 10.6 Å². The summed E-state index contributed by atoms with van der Waals surface area (Å²) in [7, 11) is 0. The summed E-state index contributed by atoms with van der Waals surface area (Å²) >= 11 is 0. The van der Waals surface area contributed by atoms with E-state index in [1.807, 2.05) is 0 Å². The van der Waals surface area contributed by atoms with E-state index < -0.39 is 11.8 Å². The Morgan fingerprint density at radius 3 is 2.50 bits per heavy atom. The van der Waals surface area contributed by atoms with Gasteiger partial charge in [0.2, 0.25) is 0 Å². The fraction of sp³-hybridized carbons (Fsp3) is 0.105. The van der Waals surface area contributed by atoms with E-state index in [0.29, 0.717) is 5.56 Å². The highest BCUT2D eigenvalue weighted by Crippen LogP contribution is 2.17. The van der Waals surface area contributed by atoms with Gasteiger partial charge in [0, 0.05) is 25.1 Å². The molecule has 4 N–H and O–H groups in total. The molecule has 0 aromatic carbocycles. The summed E-state index contributed by atoms with van der Waals surface area (Å²) in [4.78, 5) is 36.2. The van der Waals surface area contributed by atoms with Crippen LogP contribution in [0.2, 0.25) is 0 Å². The molecule has 28 heavy (non-hydrogen) atoms. The van der Waals surface area contributed by atoms with E-state index in [4.69, 9.17) is 0 Å². The molecule has 0 saturated carbocycles. The van der Waals surface area contributed by atoms with Crippen LogP contribution in [-0.4, -0.2) is 37.0 Å². The van der Waals surface area contributed by atoms with Crippen molar-refractivity contribution in [2.45, 2.75) is 13.5 Å². The van der Waals surface area contributed by atoms with Crippen molar-refractivity contribution in [3.05, 3.63) is 71.4 Å². The molecule has 3 aromatic rings. The summed E-state index contributed by atoms with van der Waals surface area (Å²) in [6.45, 7) is 1.88. The summed E-state index contributed by atoms with van der Waals surface area (Å²) in [6, 6.07) is 7.56. The lowest BCUT2D eigenvalue weighted by atomic mass is 10.2. The van der Waals surface area contributed by atoms with Gasteiger partial charge in [-0.15, -0.1) is 0 Å². The monoisotopic (exact) mass is 379 g/mol. The van der Waals surface area contributed by atoms with Gasteiger partial charge in [-0.1, -0.05) is 0 Å². The maximum Gasteiger partial charge on any atom is 0.279 e. The number of carbonyl (C=O) groups excluding carboxylic acids is 2. The largest absolute Gasteiger partial charge is 0.505 e. The molecule has 0 unspecified atom stereocenters. The van der Waals surface area contributed by atoms with Gasteiger partial charge in [0.15, 0.2) is 11.4 Å². The Morgan fingerprint density at radius 1 is 0.964 bits per heavy atom. The second kappa shape index (κ2) is 8.12. The van der Waals surface area contributed by atoms with Crippen LogP contribution >= 0.6 is 0 Å². The molecule has 2 amide bonds. The summed E-state index contributed by atoms with van der Waals surface area (Å²) in [5.41, 5.74) is 1.20. The van der Waals surface area contributed by atoms with E-state index >= 15 is 0 Å². The van der Waals surface area contributed by atoms with Crippen molar-refractivity contribution in [2.75, 3.05) is 5.32 Å². The zero-order valence-corrected chi connectivity index (χ0v) is 14.9. The number of hydrogen-bond acceptors (Lipinski definition) is 7. The van der Waals surface area contributed by atoms with Crippen LogP contribution in [0.15, 0.2) is 48.9 Å². The maximum atomic E-state index is 12.3. The second-order valence-corrected chi connectivity index (χ2v) is 5.94. The quantitative estimate of drug-likeness (QED) is 0.530. The van der Waals surface area contributed by atoms with Gasteiger partial charge in [0.25, 0.3) is 11.8 Å². The summed E-state index contributed by atoms with van der Waals surface area (Å²) < 4.78 is 0. The molecule has 9 heteroatoms. The topological polar surface area (TPSA) is 137 Å². The molecule has 0 bridgehead atoms. The molecule has 9 nitrogen and oxygen atoms in total. The zero-order valence-electron chi connectivity index (χ0n) is 14.9. The lowest BCUT2D eigenvalue weighted by molar-refractivity contribution is 0.0941. The van der Waals surface area contributed by atoms with Gasteiger partial charge in [-0.3, -0.25) is 9.59 Å². The fourth-order valence-electron chi connectivity index (χ4n) is 2.39. The third-order valence-corrected chi connectivity index (χ3v) is 3.74. The molecule has 0 fully saturated rings. The number of hydrogen-bond donors (Lipinski definition) is 4. The van der Waals surface area contributed by atoms with Crippen molar-refractivity contribution in [2.24, 2.45) is 0 Å². The first kappa shape index (κ1) is 18.8. The molecule has 0 spiro atoms. The summed E-state index contributed by atoms with van der Waals surface area (Å²) in [6.07, 6.45) is 4.35. The smallest absolute Gasteiger partial charge is 0.279 e. The predicted octanol–water partition coefficient (Wildman–Crippen LogP) is 1.77. The van der Waals surface area contributed by atoms with E-state index in [2.05, 4.69) is 25.6 Å². The number of pyridine rings is 3. The van der Waals surface area contributed by atoms with Crippen molar-refractivity contribution in [3.63, 3.8) is 0 Å². The number of anilines is 1. The number of aromatic nitrogens is 3. The first-order valence-corrected chi connectivity index (χ1v) is 8.28. The molecular weight excluding hydrogens is 362 g/mol. The number of carbonyl (C=O) groups is 2. The van der Waals surface area contributed by atoms with Crippen LogP contribution in [0, 0.1) is 6.92 Å². The Balaban J connectivity index is 1.66. The van der Waals surface area contributed by atoms with Gasteiger partial charge in [0.1, 0.15) is 17.3 Å². The van der Waals surface area contributed by atoms with Crippen LogP contribution in [0.3, 0.4) is 0 Å². The Bertz CT molecular complexity index is 1040. The molecule has 0 atom stereocenters. The van der Waals surface area contributed by atoms with Crippen LogP contribution in [-0.2, 0) is 6.54 Å². The van der Waals surface area contributed by atoms with E-state index in [-0.39, 0.29) is 35.2 Å². The van der Waals surface area contributed by atoms with Crippen LogP contribution in [0.5, 0.6) is 11.5 Å². The molecule has 0 saturated heterocycles. The van der Waals surface area contributed by atoms with Crippen molar-refractivity contribution in [3.8, 4) is 11.5 Å². The number of rotatable bonds is 5. The third-order valence-electron chi connectivity index (χ3n) is 3.74. The highest BCUT2D eigenvalue weighted by Gasteiger charge is 2.15. The third kappa shape index (κ3) is 4.39. The minimum Gasteiger partial charge on any atom is -0.505 e. The van der Waals surface area contributed by atoms with Gasteiger partial charge < -0.3 is 20.8 Å². The Labute approximate surface area is 160 Å². The zero-order chi connectivity index (χ0) is 20.1. The Morgan fingerprint density at radius 2 is 1.75 bits per heavy atom. The SMILES string of the molecule is Cc1cnc(C(=O)Nc2cc(CNC(=O)c3ncccc3O)ccn2)c(O)c1. The van der Waals surface area contributed by atoms with Gasteiger partial charge in [-0.25, -0.2) is 15.0 Å². The summed E-state index contributed by atoms with van der Waals surface area (Å²) in [5.74, 6) is -1.35. The van der Waals surface area contributed by atoms with E-state index in [9.17, 15) is 19.8 Å². The van der Waals surface area contributed by atoms with Gasteiger partial charge in [0.05, 0.1) is 0 Å². The maximum absolute atomic E-state index is 12.3. The molecule has 142 valence electrons. The minimum absolute atomic E-state index is 0.0778. The molecule has 0 radical (unpaired) electrons. The standard InChI is InChI=1S/C19H17N5O4/c1-11-7-14(26)17(22-9-11)19(28)24-15-8-12(4-6-20-15)10-23-18(27)16-13(25)3-2-5-21-16/h2-9,25-26H,10H2,1H3,(H,23,27)(H,20,24,28).